The molecule has 3 heteroatoms. The van der Waals surface area contributed by atoms with Crippen LogP contribution in [0.4, 0.5) is 0 Å². The van der Waals surface area contributed by atoms with Crippen LogP contribution in [0, 0.1) is 13.8 Å². The van der Waals surface area contributed by atoms with Crippen molar-refractivity contribution >= 4 is 5.91 Å². The Bertz CT molecular complexity index is 424. The number of hydrogen-bond donors (Lipinski definition) is 1. The van der Waals surface area contributed by atoms with Crippen LogP contribution in [0.2, 0.25) is 0 Å². The molecule has 80 valence electrons. The minimum Gasteiger partial charge on any atom is -0.496 e. The topological polar surface area (TPSA) is 38.3 Å². The van der Waals surface area contributed by atoms with E-state index in [1.165, 1.54) is 0 Å². The number of hydrogen-bond acceptors (Lipinski definition) is 2. The van der Waals surface area contributed by atoms with Gasteiger partial charge in [-0.05, 0) is 43.0 Å². The Morgan fingerprint density at radius 3 is 2.80 bits per heavy atom. The Balaban J connectivity index is 2.68. The maximum absolute atomic E-state index is 11.7. The van der Waals surface area contributed by atoms with Gasteiger partial charge in [0.05, 0.1) is 7.11 Å². The van der Waals surface area contributed by atoms with Crippen LogP contribution >= 0.6 is 0 Å². The molecule has 1 heterocycles. The monoisotopic (exact) mass is 205 g/mol. The highest BCUT2D eigenvalue weighted by molar-refractivity contribution is 5.98. The lowest BCUT2D eigenvalue weighted by atomic mass is 9.91. The molecule has 1 aromatic carbocycles. The van der Waals surface area contributed by atoms with Gasteiger partial charge >= 0.3 is 0 Å². The molecule has 0 bridgehead atoms. The first-order valence-corrected chi connectivity index (χ1v) is 5.10. The third kappa shape index (κ3) is 1.48. The summed E-state index contributed by atoms with van der Waals surface area (Å²) < 4.78 is 5.30. The predicted molar refractivity (Wildman–Crippen MR) is 58.5 cm³/mol. The van der Waals surface area contributed by atoms with Gasteiger partial charge in [-0.2, -0.15) is 0 Å². The summed E-state index contributed by atoms with van der Waals surface area (Å²) in [6.45, 7) is 4.68. The Morgan fingerprint density at radius 2 is 2.13 bits per heavy atom. The Morgan fingerprint density at radius 1 is 1.40 bits per heavy atom. The lowest BCUT2D eigenvalue weighted by Gasteiger charge is -2.22. The van der Waals surface area contributed by atoms with Crippen LogP contribution in [0.3, 0.4) is 0 Å². The first-order valence-electron chi connectivity index (χ1n) is 5.10. The van der Waals surface area contributed by atoms with Gasteiger partial charge in [0.2, 0.25) is 0 Å². The quantitative estimate of drug-likeness (QED) is 0.756. The zero-order valence-corrected chi connectivity index (χ0v) is 9.31. The van der Waals surface area contributed by atoms with Crippen LogP contribution in [0.1, 0.15) is 27.0 Å². The van der Waals surface area contributed by atoms with Crippen molar-refractivity contribution < 1.29 is 9.53 Å². The highest BCUT2D eigenvalue weighted by Gasteiger charge is 2.22. The van der Waals surface area contributed by atoms with E-state index in [0.29, 0.717) is 0 Å². The van der Waals surface area contributed by atoms with Crippen molar-refractivity contribution in [2.24, 2.45) is 0 Å². The summed E-state index contributed by atoms with van der Waals surface area (Å²) in [5, 5.41) is 2.86. The van der Waals surface area contributed by atoms with Gasteiger partial charge in [0.15, 0.2) is 0 Å². The summed E-state index contributed by atoms with van der Waals surface area (Å²) in [5.41, 5.74) is 4.05. The molecule has 2 rings (SSSR count). The zero-order valence-electron chi connectivity index (χ0n) is 9.31. The molecular weight excluding hydrogens is 190 g/mol. The number of benzene rings is 1. The number of nitrogens with one attached hydrogen (secondary N) is 1. The van der Waals surface area contributed by atoms with Crippen LogP contribution in [-0.2, 0) is 6.42 Å². The van der Waals surface area contributed by atoms with Crippen molar-refractivity contribution in [2.45, 2.75) is 20.3 Å². The second kappa shape index (κ2) is 3.57. The molecule has 0 atom stereocenters. The molecule has 0 saturated carbocycles. The first kappa shape index (κ1) is 10.0. The van der Waals surface area contributed by atoms with Gasteiger partial charge in [0.1, 0.15) is 5.75 Å². The largest absolute Gasteiger partial charge is 0.496 e. The van der Waals surface area contributed by atoms with E-state index in [1.807, 2.05) is 19.9 Å². The molecule has 1 aliphatic heterocycles. The van der Waals surface area contributed by atoms with Crippen molar-refractivity contribution in [3.8, 4) is 5.75 Å². The fourth-order valence-electron chi connectivity index (χ4n) is 2.18. The third-order valence-electron chi connectivity index (χ3n) is 2.97. The highest BCUT2D eigenvalue weighted by atomic mass is 16.5. The van der Waals surface area contributed by atoms with Gasteiger partial charge in [-0.1, -0.05) is 0 Å². The Hall–Kier alpha value is -1.51. The molecule has 1 N–H and O–H groups in total. The Labute approximate surface area is 89.4 Å². The third-order valence-corrected chi connectivity index (χ3v) is 2.97. The highest BCUT2D eigenvalue weighted by Crippen LogP contribution is 2.29. The molecule has 1 aromatic rings. The van der Waals surface area contributed by atoms with Crippen LogP contribution in [0.25, 0.3) is 0 Å². The number of amides is 1. The van der Waals surface area contributed by atoms with Crippen molar-refractivity contribution in [3.05, 3.63) is 28.3 Å². The average molecular weight is 205 g/mol. The molecule has 15 heavy (non-hydrogen) atoms. The molecule has 0 aromatic heterocycles. The fourth-order valence-corrected chi connectivity index (χ4v) is 2.18. The van der Waals surface area contributed by atoms with E-state index in [-0.39, 0.29) is 5.91 Å². The molecule has 0 radical (unpaired) electrons. The van der Waals surface area contributed by atoms with E-state index in [0.717, 1.165) is 41.0 Å². The van der Waals surface area contributed by atoms with E-state index < -0.39 is 0 Å². The van der Waals surface area contributed by atoms with Crippen molar-refractivity contribution in [1.29, 1.82) is 0 Å². The fraction of sp³-hybridized carbons (Fsp3) is 0.417. The summed E-state index contributed by atoms with van der Waals surface area (Å²) in [6.07, 6.45) is 0.894. The number of aryl methyl sites for hydroxylation is 1. The zero-order chi connectivity index (χ0) is 11.0. The van der Waals surface area contributed by atoms with Crippen LogP contribution < -0.4 is 10.1 Å². The summed E-state index contributed by atoms with van der Waals surface area (Å²) in [6, 6.07) is 1.93. The maximum atomic E-state index is 11.7. The smallest absolute Gasteiger partial charge is 0.251 e. The lowest BCUT2D eigenvalue weighted by Crippen LogP contribution is -2.33. The number of carbonyl (C=O) groups excluding carboxylic acids is 1. The minimum atomic E-state index is 0.0412. The first-order chi connectivity index (χ1) is 7.15. The van der Waals surface area contributed by atoms with E-state index >= 15 is 0 Å². The SMILES string of the molecule is COc1cc(C)c2c(c1C)CCNC2=O. The van der Waals surface area contributed by atoms with Gasteiger partial charge in [0, 0.05) is 12.1 Å². The van der Waals surface area contributed by atoms with Crippen LogP contribution in [0.5, 0.6) is 5.75 Å². The molecular formula is C12H15NO2. The summed E-state index contributed by atoms with van der Waals surface area (Å²) in [5.74, 6) is 0.917. The molecule has 0 aliphatic carbocycles. The van der Waals surface area contributed by atoms with Gasteiger partial charge < -0.3 is 10.1 Å². The summed E-state index contributed by atoms with van der Waals surface area (Å²) in [4.78, 5) is 11.7. The maximum Gasteiger partial charge on any atom is 0.251 e. The van der Waals surface area contributed by atoms with Crippen molar-refractivity contribution in [3.63, 3.8) is 0 Å². The van der Waals surface area contributed by atoms with Gasteiger partial charge in [-0.15, -0.1) is 0 Å². The van der Waals surface area contributed by atoms with Crippen molar-refractivity contribution in [1.82, 2.24) is 5.32 Å². The van der Waals surface area contributed by atoms with Crippen LogP contribution in [-0.4, -0.2) is 19.6 Å². The number of methoxy groups -OCH3 is 1. The molecule has 1 amide bonds. The number of carbonyl (C=O) groups is 1. The van der Waals surface area contributed by atoms with Gasteiger partial charge in [0.25, 0.3) is 5.91 Å². The summed E-state index contributed by atoms with van der Waals surface area (Å²) >= 11 is 0. The van der Waals surface area contributed by atoms with Crippen LogP contribution in [0.15, 0.2) is 6.07 Å². The Kier molecular flexibility index (Phi) is 2.39. The second-order valence-corrected chi connectivity index (χ2v) is 3.88. The molecule has 0 unspecified atom stereocenters. The molecule has 0 saturated heterocycles. The minimum absolute atomic E-state index is 0.0412. The predicted octanol–water partition coefficient (Wildman–Crippen LogP) is 1.60. The van der Waals surface area contributed by atoms with Crippen molar-refractivity contribution in [2.75, 3.05) is 13.7 Å². The number of ether oxygens (including phenoxy) is 1. The average Bonchev–Trinajstić information content (AvgIpc) is 2.23. The number of fused-ring (bicyclic) bond motifs is 1. The normalized spacial score (nSPS) is 14.5. The molecule has 0 spiro atoms. The standard InChI is InChI=1S/C12H15NO2/c1-7-6-10(15-3)8(2)9-4-5-13-12(14)11(7)9/h6H,4-5H2,1-3H3,(H,13,14). The van der Waals surface area contributed by atoms with E-state index in [4.69, 9.17) is 4.74 Å². The van der Waals surface area contributed by atoms with Gasteiger partial charge in [-0.3, -0.25) is 4.79 Å². The van der Waals surface area contributed by atoms with E-state index in [1.54, 1.807) is 7.11 Å². The molecule has 1 aliphatic rings. The van der Waals surface area contributed by atoms with E-state index in [9.17, 15) is 4.79 Å². The second-order valence-electron chi connectivity index (χ2n) is 3.88. The number of rotatable bonds is 1. The summed E-state index contributed by atoms with van der Waals surface area (Å²) in [7, 11) is 1.66. The lowest BCUT2D eigenvalue weighted by molar-refractivity contribution is 0.0945. The molecule has 3 nitrogen and oxygen atoms in total. The molecule has 0 fully saturated rings. The van der Waals surface area contributed by atoms with E-state index in [2.05, 4.69) is 5.32 Å². The van der Waals surface area contributed by atoms with Gasteiger partial charge in [-0.25, -0.2) is 0 Å².